The van der Waals surface area contributed by atoms with Crippen molar-refractivity contribution in [2.24, 2.45) is 0 Å². The van der Waals surface area contributed by atoms with E-state index in [1.165, 1.54) is 35.4 Å². The lowest BCUT2D eigenvalue weighted by molar-refractivity contribution is 0.608. The Morgan fingerprint density at radius 2 is 2.20 bits per heavy atom. The van der Waals surface area contributed by atoms with Gasteiger partial charge < -0.3 is 5.32 Å². The van der Waals surface area contributed by atoms with Crippen LogP contribution in [0.5, 0.6) is 0 Å². The van der Waals surface area contributed by atoms with Crippen molar-refractivity contribution >= 4 is 11.3 Å². The van der Waals surface area contributed by atoms with E-state index in [1.54, 1.807) is 11.3 Å². The lowest BCUT2D eigenvalue weighted by Gasteiger charge is -2.23. The monoisotopic (exact) mass is 287 g/mol. The molecule has 0 bridgehead atoms. The Bertz CT molecular complexity index is 564. The fourth-order valence-corrected chi connectivity index (χ4v) is 3.83. The molecule has 1 heterocycles. The van der Waals surface area contributed by atoms with Crippen molar-refractivity contribution in [2.45, 2.75) is 45.1 Å². The number of hydrogen-bond acceptors (Lipinski definition) is 4. The van der Waals surface area contributed by atoms with Gasteiger partial charge in [-0.3, -0.25) is 0 Å². The Hall–Kier alpha value is -1.26. The second-order valence-electron chi connectivity index (χ2n) is 5.35. The first-order valence-electron chi connectivity index (χ1n) is 7.49. The summed E-state index contributed by atoms with van der Waals surface area (Å²) in [7, 11) is 0. The largest absolute Gasteiger partial charge is 0.310 e. The molecule has 0 amide bonds. The number of hydrogen-bond donors (Lipinski definition) is 1. The fraction of sp³-hybridized carbons (Fsp3) is 0.500. The molecule has 3 rings (SSSR count). The van der Waals surface area contributed by atoms with Gasteiger partial charge in [0.2, 0.25) is 0 Å². The topological polar surface area (TPSA) is 37.8 Å². The molecule has 1 aliphatic rings. The maximum Gasteiger partial charge on any atom is 0.131 e. The molecule has 1 N–H and O–H groups in total. The van der Waals surface area contributed by atoms with Crippen molar-refractivity contribution in [1.29, 1.82) is 0 Å². The minimum atomic E-state index is 0.456. The van der Waals surface area contributed by atoms with E-state index in [1.807, 2.05) is 0 Å². The van der Waals surface area contributed by atoms with Crippen molar-refractivity contribution in [3.05, 3.63) is 45.4 Å². The van der Waals surface area contributed by atoms with E-state index in [-0.39, 0.29) is 0 Å². The van der Waals surface area contributed by atoms with Gasteiger partial charge in [-0.1, -0.05) is 42.5 Å². The Labute approximate surface area is 124 Å². The molecule has 0 spiro atoms. The molecule has 1 atom stereocenters. The van der Waals surface area contributed by atoms with Crippen LogP contribution in [-0.4, -0.2) is 16.7 Å². The number of nitrogens with one attached hydrogen (secondary N) is 1. The molecule has 1 unspecified atom stereocenters. The second-order valence-corrected chi connectivity index (χ2v) is 6.45. The average molecular weight is 287 g/mol. The molecule has 2 aromatic rings. The third-order valence-electron chi connectivity index (χ3n) is 3.85. The zero-order valence-corrected chi connectivity index (χ0v) is 12.7. The smallest absolute Gasteiger partial charge is 0.131 e. The van der Waals surface area contributed by atoms with E-state index < -0.39 is 0 Å². The highest BCUT2D eigenvalue weighted by Crippen LogP contribution is 2.37. The molecule has 106 valence electrons. The standard InChI is InChI=1S/C16H21N3S/c1-2-10-17-11-15-18-19-16(20-15)14-9-5-7-12-6-3-4-8-13(12)14/h3-4,6,8,14,17H,2,5,7,9-11H2,1H3. The van der Waals surface area contributed by atoms with Gasteiger partial charge in [0.15, 0.2) is 0 Å². The van der Waals surface area contributed by atoms with Crippen molar-refractivity contribution in [1.82, 2.24) is 15.5 Å². The number of fused-ring (bicyclic) bond motifs is 1. The molecule has 3 nitrogen and oxygen atoms in total. The van der Waals surface area contributed by atoms with Crippen LogP contribution in [0.2, 0.25) is 0 Å². The van der Waals surface area contributed by atoms with E-state index in [0.717, 1.165) is 24.5 Å². The van der Waals surface area contributed by atoms with Gasteiger partial charge in [-0.25, -0.2) is 0 Å². The minimum Gasteiger partial charge on any atom is -0.310 e. The Kier molecular flexibility index (Phi) is 4.43. The molecule has 0 aliphatic heterocycles. The summed E-state index contributed by atoms with van der Waals surface area (Å²) >= 11 is 1.77. The summed E-state index contributed by atoms with van der Waals surface area (Å²) in [6, 6.07) is 8.80. The molecule has 1 aliphatic carbocycles. The van der Waals surface area contributed by atoms with Crippen molar-refractivity contribution in [3.8, 4) is 0 Å². The first-order chi connectivity index (χ1) is 9.88. The quantitative estimate of drug-likeness (QED) is 0.855. The summed E-state index contributed by atoms with van der Waals surface area (Å²) in [6.45, 7) is 4.07. The Morgan fingerprint density at radius 1 is 1.30 bits per heavy atom. The van der Waals surface area contributed by atoms with Crippen molar-refractivity contribution < 1.29 is 0 Å². The number of aryl methyl sites for hydroxylation is 1. The summed E-state index contributed by atoms with van der Waals surface area (Å²) in [6.07, 6.45) is 4.82. The predicted molar refractivity (Wildman–Crippen MR) is 83.1 cm³/mol. The first-order valence-corrected chi connectivity index (χ1v) is 8.31. The molecule has 20 heavy (non-hydrogen) atoms. The molecule has 0 radical (unpaired) electrons. The highest BCUT2D eigenvalue weighted by atomic mass is 32.1. The number of aromatic nitrogens is 2. The van der Waals surface area contributed by atoms with E-state index in [9.17, 15) is 0 Å². The fourth-order valence-electron chi connectivity index (χ4n) is 2.86. The molecule has 0 saturated heterocycles. The van der Waals surface area contributed by atoms with E-state index in [0.29, 0.717) is 5.92 Å². The lowest BCUT2D eigenvalue weighted by Crippen LogP contribution is -2.13. The van der Waals surface area contributed by atoms with Gasteiger partial charge in [-0.2, -0.15) is 0 Å². The molecule has 0 fully saturated rings. The SMILES string of the molecule is CCCNCc1nnc(C2CCCc3ccccc32)s1. The van der Waals surface area contributed by atoms with Crippen LogP contribution in [0.3, 0.4) is 0 Å². The van der Waals surface area contributed by atoms with Crippen LogP contribution < -0.4 is 5.32 Å². The van der Waals surface area contributed by atoms with Crippen LogP contribution in [0, 0.1) is 0 Å². The number of benzene rings is 1. The van der Waals surface area contributed by atoms with Gasteiger partial charge in [-0.15, -0.1) is 10.2 Å². The summed E-state index contributed by atoms with van der Waals surface area (Å²) in [5, 5.41) is 14.5. The van der Waals surface area contributed by atoms with E-state index >= 15 is 0 Å². The van der Waals surface area contributed by atoms with Crippen LogP contribution in [0.1, 0.15) is 53.2 Å². The van der Waals surface area contributed by atoms with Gasteiger partial charge in [0.25, 0.3) is 0 Å². The highest BCUT2D eigenvalue weighted by molar-refractivity contribution is 7.11. The summed E-state index contributed by atoms with van der Waals surface area (Å²) in [4.78, 5) is 0. The van der Waals surface area contributed by atoms with Gasteiger partial charge in [0, 0.05) is 12.5 Å². The van der Waals surface area contributed by atoms with Crippen molar-refractivity contribution in [3.63, 3.8) is 0 Å². The summed E-state index contributed by atoms with van der Waals surface area (Å²) in [5.74, 6) is 0.456. The Morgan fingerprint density at radius 3 is 3.10 bits per heavy atom. The maximum atomic E-state index is 4.45. The van der Waals surface area contributed by atoms with Crippen LogP contribution >= 0.6 is 11.3 Å². The highest BCUT2D eigenvalue weighted by Gasteiger charge is 2.24. The van der Waals surface area contributed by atoms with Crippen molar-refractivity contribution in [2.75, 3.05) is 6.54 Å². The van der Waals surface area contributed by atoms with Crippen LogP contribution in [0.4, 0.5) is 0 Å². The van der Waals surface area contributed by atoms with Crippen LogP contribution in [0.15, 0.2) is 24.3 Å². The summed E-state index contributed by atoms with van der Waals surface area (Å²) in [5.41, 5.74) is 2.95. The van der Waals surface area contributed by atoms with E-state index in [2.05, 4.69) is 46.7 Å². The number of rotatable bonds is 5. The zero-order valence-electron chi connectivity index (χ0n) is 11.9. The zero-order chi connectivity index (χ0) is 13.8. The third kappa shape index (κ3) is 2.91. The second kappa shape index (κ2) is 6.46. The van der Waals surface area contributed by atoms with Gasteiger partial charge in [-0.05, 0) is 43.4 Å². The minimum absolute atomic E-state index is 0.456. The molecule has 0 saturated carbocycles. The first kappa shape index (κ1) is 13.7. The van der Waals surface area contributed by atoms with E-state index in [4.69, 9.17) is 0 Å². The van der Waals surface area contributed by atoms with Crippen LogP contribution in [0.25, 0.3) is 0 Å². The van der Waals surface area contributed by atoms with Gasteiger partial charge in [0.05, 0.1) is 0 Å². The maximum absolute atomic E-state index is 4.45. The third-order valence-corrected chi connectivity index (χ3v) is 4.89. The average Bonchev–Trinajstić information content (AvgIpc) is 2.96. The predicted octanol–water partition coefficient (Wildman–Crippen LogP) is 3.51. The molecule has 1 aromatic heterocycles. The van der Waals surface area contributed by atoms with Gasteiger partial charge in [0.1, 0.15) is 10.0 Å². The summed E-state index contributed by atoms with van der Waals surface area (Å²) < 4.78 is 0. The lowest BCUT2D eigenvalue weighted by atomic mass is 9.83. The van der Waals surface area contributed by atoms with Gasteiger partial charge >= 0.3 is 0 Å². The normalized spacial score (nSPS) is 17.9. The Balaban J connectivity index is 1.77. The molecular formula is C16H21N3S. The number of nitrogens with zero attached hydrogens (tertiary/aromatic N) is 2. The molecular weight excluding hydrogens is 266 g/mol. The molecule has 1 aromatic carbocycles. The van der Waals surface area contributed by atoms with Crippen LogP contribution in [-0.2, 0) is 13.0 Å². The molecule has 4 heteroatoms.